The van der Waals surface area contributed by atoms with Gasteiger partial charge in [0.1, 0.15) is 17.9 Å². The highest BCUT2D eigenvalue weighted by Crippen LogP contribution is 2.28. The zero-order chi connectivity index (χ0) is 23.7. The third-order valence-corrected chi connectivity index (χ3v) is 5.57. The number of esters is 1. The summed E-state index contributed by atoms with van der Waals surface area (Å²) >= 11 is 0. The highest BCUT2D eigenvalue weighted by Gasteiger charge is 2.22. The molecule has 0 N–H and O–H groups in total. The second kappa shape index (κ2) is 8.74. The van der Waals surface area contributed by atoms with Gasteiger partial charge in [-0.1, -0.05) is 42.0 Å². The lowest BCUT2D eigenvalue weighted by Crippen LogP contribution is -2.38. The molecule has 0 bridgehead atoms. The lowest BCUT2D eigenvalue weighted by Gasteiger charge is -2.10. The Bertz CT molecular complexity index is 1460. The quantitative estimate of drug-likeness (QED) is 0.442. The molecule has 0 aliphatic carbocycles. The first-order valence-corrected chi connectivity index (χ1v) is 10.4. The summed E-state index contributed by atoms with van der Waals surface area (Å²) in [7, 11) is 2.92. The second-order valence-electron chi connectivity index (χ2n) is 7.94. The third-order valence-electron chi connectivity index (χ3n) is 5.57. The first-order valence-electron chi connectivity index (χ1n) is 10.4. The summed E-state index contributed by atoms with van der Waals surface area (Å²) in [6, 6.07) is 16.7. The number of aromatic nitrogens is 4. The lowest BCUT2D eigenvalue weighted by atomic mass is 10.0. The number of carbonyl (C=O) groups is 1. The molecule has 0 unspecified atom stereocenters. The van der Waals surface area contributed by atoms with E-state index >= 15 is 0 Å². The van der Waals surface area contributed by atoms with Gasteiger partial charge in [0.25, 0.3) is 5.56 Å². The van der Waals surface area contributed by atoms with Gasteiger partial charge in [0.15, 0.2) is 0 Å². The fourth-order valence-corrected chi connectivity index (χ4v) is 3.65. The van der Waals surface area contributed by atoms with Crippen molar-refractivity contribution in [2.24, 2.45) is 14.1 Å². The Morgan fingerprint density at radius 2 is 1.70 bits per heavy atom. The molecule has 0 fully saturated rings. The van der Waals surface area contributed by atoms with E-state index in [0.717, 1.165) is 26.9 Å². The van der Waals surface area contributed by atoms with Crippen molar-refractivity contribution >= 4 is 5.97 Å². The zero-order valence-electron chi connectivity index (χ0n) is 18.9. The molecule has 2 heterocycles. The molecule has 4 aromatic rings. The first-order chi connectivity index (χ1) is 15.8. The molecule has 0 atom stereocenters. The van der Waals surface area contributed by atoms with Crippen LogP contribution in [0.1, 0.15) is 27.2 Å². The van der Waals surface area contributed by atoms with Crippen LogP contribution in [0.2, 0.25) is 0 Å². The number of nitrogens with zero attached hydrogens (tertiary/aromatic N) is 4. The third kappa shape index (κ3) is 4.27. The highest BCUT2D eigenvalue weighted by molar-refractivity contribution is 5.96. The molecule has 2 aromatic heterocycles. The summed E-state index contributed by atoms with van der Waals surface area (Å²) in [5, 5.41) is 4.68. The molecule has 2 aromatic carbocycles. The van der Waals surface area contributed by atoms with E-state index < -0.39 is 17.2 Å². The van der Waals surface area contributed by atoms with Gasteiger partial charge in [0.2, 0.25) is 0 Å². The largest absolute Gasteiger partial charge is 0.456 e. The van der Waals surface area contributed by atoms with E-state index in [1.807, 2.05) is 62.4 Å². The predicted molar refractivity (Wildman–Crippen MR) is 125 cm³/mol. The summed E-state index contributed by atoms with van der Waals surface area (Å²) in [6.07, 6.45) is 1.63. The molecule has 33 heavy (non-hydrogen) atoms. The number of hydrogen-bond donors (Lipinski definition) is 0. The molecule has 168 valence electrons. The molecule has 0 aliphatic heterocycles. The van der Waals surface area contributed by atoms with Crippen molar-refractivity contribution in [1.29, 1.82) is 0 Å². The molecule has 8 nitrogen and oxygen atoms in total. The standard InChI is InChI=1S/C25H24N4O4/c1-16-10-11-20(17(2)12-16)23-21(14-29(26-23)18-8-6-5-7-9-18)24(31)33-15-19-13-22(30)28(4)25(32)27(19)3/h5-14H,15H2,1-4H3. The second-order valence-corrected chi connectivity index (χ2v) is 7.94. The summed E-state index contributed by atoms with van der Waals surface area (Å²) in [6.45, 7) is 3.75. The summed E-state index contributed by atoms with van der Waals surface area (Å²) in [5.41, 5.74) is 3.86. The number of benzene rings is 2. The van der Waals surface area contributed by atoms with Crippen LogP contribution in [0.3, 0.4) is 0 Å². The van der Waals surface area contributed by atoms with Crippen LogP contribution in [-0.2, 0) is 25.4 Å². The summed E-state index contributed by atoms with van der Waals surface area (Å²) in [5.74, 6) is -0.597. The Morgan fingerprint density at radius 3 is 2.39 bits per heavy atom. The van der Waals surface area contributed by atoms with Gasteiger partial charge in [0, 0.05) is 31.9 Å². The predicted octanol–water partition coefficient (Wildman–Crippen LogP) is 2.91. The molecular formula is C25H24N4O4. The maximum absolute atomic E-state index is 13.1. The van der Waals surface area contributed by atoms with Crippen molar-refractivity contribution < 1.29 is 9.53 Å². The number of hydrogen-bond acceptors (Lipinski definition) is 5. The number of rotatable bonds is 5. The molecule has 0 saturated carbocycles. The molecule has 0 amide bonds. The van der Waals surface area contributed by atoms with E-state index in [0.29, 0.717) is 17.0 Å². The Kier molecular flexibility index (Phi) is 5.83. The van der Waals surface area contributed by atoms with E-state index in [1.54, 1.807) is 10.9 Å². The smallest absolute Gasteiger partial charge is 0.342 e. The maximum Gasteiger partial charge on any atom is 0.342 e. The van der Waals surface area contributed by atoms with Gasteiger partial charge in [-0.15, -0.1) is 0 Å². The van der Waals surface area contributed by atoms with Crippen LogP contribution < -0.4 is 11.2 Å². The van der Waals surface area contributed by atoms with E-state index in [-0.39, 0.29) is 6.61 Å². The van der Waals surface area contributed by atoms with Gasteiger partial charge >= 0.3 is 11.7 Å². The van der Waals surface area contributed by atoms with Gasteiger partial charge in [-0.25, -0.2) is 14.3 Å². The van der Waals surface area contributed by atoms with Crippen molar-refractivity contribution in [3.63, 3.8) is 0 Å². The van der Waals surface area contributed by atoms with Gasteiger partial charge in [-0.3, -0.25) is 13.9 Å². The van der Waals surface area contributed by atoms with Gasteiger partial charge in [0.05, 0.1) is 11.4 Å². The lowest BCUT2D eigenvalue weighted by molar-refractivity contribution is 0.0463. The van der Waals surface area contributed by atoms with Crippen molar-refractivity contribution in [1.82, 2.24) is 18.9 Å². The molecule has 0 radical (unpaired) electrons. The minimum Gasteiger partial charge on any atom is -0.456 e. The van der Waals surface area contributed by atoms with Gasteiger partial charge < -0.3 is 4.74 Å². The van der Waals surface area contributed by atoms with Crippen LogP contribution in [0.15, 0.2) is 70.4 Å². The van der Waals surface area contributed by atoms with Crippen molar-refractivity contribution in [3.8, 4) is 16.9 Å². The normalized spacial score (nSPS) is 10.9. The van der Waals surface area contributed by atoms with Crippen LogP contribution in [-0.4, -0.2) is 24.9 Å². The molecule has 4 rings (SSSR count). The highest BCUT2D eigenvalue weighted by atomic mass is 16.5. The number of carbonyl (C=O) groups excluding carboxylic acids is 1. The maximum atomic E-state index is 13.1. The van der Waals surface area contributed by atoms with E-state index in [2.05, 4.69) is 5.10 Å². The number of ether oxygens (including phenoxy) is 1. The Labute approximate surface area is 190 Å². The Balaban J connectivity index is 1.73. The van der Waals surface area contributed by atoms with E-state index in [4.69, 9.17) is 4.74 Å². The summed E-state index contributed by atoms with van der Waals surface area (Å²) < 4.78 is 9.44. The Morgan fingerprint density at radius 1 is 0.970 bits per heavy atom. The number of para-hydroxylation sites is 1. The van der Waals surface area contributed by atoms with Gasteiger partial charge in [-0.05, 0) is 31.5 Å². The van der Waals surface area contributed by atoms with Crippen LogP contribution in [0.25, 0.3) is 16.9 Å². The monoisotopic (exact) mass is 444 g/mol. The molecule has 8 heteroatoms. The van der Waals surface area contributed by atoms with Crippen LogP contribution in [0.4, 0.5) is 0 Å². The van der Waals surface area contributed by atoms with Gasteiger partial charge in [-0.2, -0.15) is 5.10 Å². The molecular weight excluding hydrogens is 420 g/mol. The topological polar surface area (TPSA) is 88.1 Å². The number of aryl methyl sites for hydroxylation is 2. The average molecular weight is 444 g/mol. The van der Waals surface area contributed by atoms with E-state index in [1.165, 1.54) is 24.7 Å². The summed E-state index contributed by atoms with van der Waals surface area (Å²) in [4.78, 5) is 37.3. The molecule has 0 aliphatic rings. The van der Waals surface area contributed by atoms with Crippen molar-refractivity contribution in [3.05, 3.63) is 104 Å². The fourth-order valence-electron chi connectivity index (χ4n) is 3.65. The average Bonchev–Trinajstić information content (AvgIpc) is 3.25. The molecule has 0 saturated heterocycles. The minimum absolute atomic E-state index is 0.219. The van der Waals surface area contributed by atoms with E-state index in [9.17, 15) is 14.4 Å². The van der Waals surface area contributed by atoms with Crippen LogP contribution in [0.5, 0.6) is 0 Å². The SMILES string of the molecule is Cc1ccc(-c2nn(-c3ccccc3)cc2C(=O)OCc2cc(=O)n(C)c(=O)n2C)c(C)c1. The van der Waals surface area contributed by atoms with Crippen molar-refractivity contribution in [2.45, 2.75) is 20.5 Å². The van der Waals surface area contributed by atoms with Crippen molar-refractivity contribution in [2.75, 3.05) is 0 Å². The fraction of sp³-hybridized carbons (Fsp3) is 0.200. The minimum atomic E-state index is -0.597. The van der Waals surface area contributed by atoms with Crippen LogP contribution in [0, 0.1) is 13.8 Å². The zero-order valence-corrected chi connectivity index (χ0v) is 18.9. The first kappa shape index (κ1) is 22.0. The molecule has 0 spiro atoms. The Hall–Kier alpha value is -4.20. The van der Waals surface area contributed by atoms with Crippen LogP contribution >= 0.6 is 0 Å².